The molecule has 0 aliphatic carbocycles. The first-order valence-electron chi connectivity index (χ1n) is 5.31. The van der Waals surface area contributed by atoms with Crippen LogP contribution in [0.2, 0.25) is 0 Å². The highest BCUT2D eigenvalue weighted by Crippen LogP contribution is 2.17. The monoisotopic (exact) mass is 224 g/mol. The normalized spacial score (nSPS) is 12.2. The lowest BCUT2D eigenvalue weighted by Crippen LogP contribution is -2.23. The predicted molar refractivity (Wildman–Crippen MR) is 62.6 cm³/mol. The van der Waals surface area contributed by atoms with Crippen LogP contribution in [0.5, 0.6) is 0 Å². The number of benzene rings is 1. The molecule has 88 valence electrons. The van der Waals surface area contributed by atoms with Crippen molar-refractivity contribution in [2.45, 2.75) is 20.3 Å². The van der Waals surface area contributed by atoms with Crippen LogP contribution in [-0.4, -0.2) is 12.5 Å². The molecule has 4 heteroatoms. The van der Waals surface area contributed by atoms with Crippen molar-refractivity contribution in [3.63, 3.8) is 0 Å². The van der Waals surface area contributed by atoms with E-state index in [1.807, 2.05) is 6.92 Å². The molecule has 0 heterocycles. The number of carbonyl (C=O) groups is 1. The maximum Gasteiger partial charge on any atom is 0.227 e. The fourth-order valence-electron chi connectivity index (χ4n) is 1.37. The minimum atomic E-state index is -0.354. The number of halogens is 1. The average Bonchev–Trinajstić information content (AvgIpc) is 2.23. The van der Waals surface area contributed by atoms with E-state index in [-0.39, 0.29) is 17.6 Å². The molecule has 0 radical (unpaired) electrons. The van der Waals surface area contributed by atoms with Crippen LogP contribution in [0.1, 0.15) is 18.9 Å². The van der Waals surface area contributed by atoms with Crippen molar-refractivity contribution < 1.29 is 9.18 Å². The Kier molecular flexibility index (Phi) is 4.43. The molecule has 1 rings (SSSR count). The Morgan fingerprint density at radius 2 is 2.25 bits per heavy atom. The molecule has 1 unspecified atom stereocenters. The summed E-state index contributed by atoms with van der Waals surface area (Å²) in [5.74, 6) is -0.640. The van der Waals surface area contributed by atoms with Crippen molar-refractivity contribution in [2.75, 3.05) is 11.9 Å². The van der Waals surface area contributed by atoms with Gasteiger partial charge in [-0.15, -0.1) is 0 Å². The minimum absolute atomic E-state index is 0.126. The first-order chi connectivity index (χ1) is 7.54. The van der Waals surface area contributed by atoms with E-state index >= 15 is 0 Å². The van der Waals surface area contributed by atoms with E-state index in [0.717, 1.165) is 5.56 Å². The van der Waals surface area contributed by atoms with Gasteiger partial charge in [-0.1, -0.05) is 13.0 Å². The molecule has 1 atom stereocenters. The highest BCUT2D eigenvalue weighted by atomic mass is 19.1. The molecule has 1 aromatic carbocycles. The number of nitrogens with two attached hydrogens (primary N) is 1. The molecule has 3 nitrogen and oxygen atoms in total. The number of aryl methyl sites for hydroxylation is 1. The molecule has 0 fully saturated rings. The molecule has 0 spiro atoms. The second-order valence-corrected chi connectivity index (χ2v) is 3.93. The smallest absolute Gasteiger partial charge is 0.227 e. The summed E-state index contributed by atoms with van der Waals surface area (Å²) in [6.45, 7) is 4.09. The number of carbonyl (C=O) groups excluding carboxylic acids is 1. The van der Waals surface area contributed by atoms with Gasteiger partial charge in [-0.25, -0.2) is 4.39 Å². The van der Waals surface area contributed by atoms with Gasteiger partial charge in [0.2, 0.25) is 5.91 Å². The maximum atomic E-state index is 13.0. The number of hydrogen-bond acceptors (Lipinski definition) is 2. The van der Waals surface area contributed by atoms with Crippen LogP contribution >= 0.6 is 0 Å². The third kappa shape index (κ3) is 3.31. The van der Waals surface area contributed by atoms with E-state index in [0.29, 0.717) is 18.7 Å². The molecule has 16 heavy (non-hydrogen) atoms. The van der Waals surface area contributed by atoms with Crippen molar-refractivity contribution >= 4 is 11.6 Å². The molecular formula is C12H17FN2O. The molecule has 0 aliphatic rings. The third-order valence-electron chi connectivity index (χ3n) is 2.50. The van der Waals surface area contributed by atoms with Gasteiger partial charge in [0.15, 0.2) is 0 Å². The topological polar surface area (TPSA) is 55.1 Å². The Bertz CT molecular complexity index is 379. The van der Waals surface area contributed by atoms with Crippen molar-refractivity contribution in [1.82, 2.24) is 0 Å². The molecule has 0 saturated carbocycles. The molecule has 1 amide bonds. The Morgan fingerprint density at radius 3 is 2.88 bits per heavy atom. The Hall–Kier alpha value is -1.42. The SMILES string of the molecule is Cc1ccc(F)cc1NC(=O)C(C)CCN. The van der Waals surface area contributed by atoms with Gasteiger partial charge in [0, 0.05) is 11.6 Å². The second kappa shape index (κ2) is 5.61. The van der Waals surface area contributed by atoms with Crippen LogP contribution in [0.4, 0.5) is 10.1 Å². The van der Waals surface area contributed by atoms with E-state index in [1.54, 1.807) is 13.0 Å². The highest BCUT2D eigenvalue weighted by molar-refractivity contribution is 5.92. The third-order valence-corrected chi connectivity index (χ3v) is 2.50. The number of nitrogens with one attached hydrogen (secondary N) is 1. The summed E-state index contributed by atoms with van der Waals surface area (Å²) in [6, 6.07) is 4.33. The van der Waals surface area contributed by atoms with Gasteiger partial charge in [-0.05, 0) is 37.6 Å². The zero-order valence-corrected chi connectivity index (χ0v) is 9.59. The fourth-order valence-corrected chi connectivity index (χ4v) is 1.37. The van der Waals surface area contributed by atoms with Crippen LogP contribution in [0.15, 0.2) is 18.2 Å². The van der Waals surface area contributed by atoms with Gasteiger partial charge >= 0.3 is 0 Å². The summed E-state index contributed by atoms with van der Waals surface area (Å²) >= 11 is 0. The lowest BCUT2D eigenvalue weighted by atomic mass is 10.1. The van der Waals surface area contributed by atoms with Gasteiger partial charge < -0.3 is 11.1 Å². The maximum absolute atomic E-state index is 13.0. The fraction of sp³-hybridized carbons (Fsp3) is 0.417. The number of amides is 1. The second-order valence-electron chi connectivity index (χ2n) is 3.93. The largest absolute Gasteiger partial charge is 0.330 e. The van der Waals surface area contributed by atoms with E-state index < -0.39 is 0 Å². The van der Waals surface area contributed by atoms with Crippen molar-refractivity contribution in [1.29, 1.82) is 0 Å². The van der Waals surface area contributed by atoms with Crippen LogP contribution in [0.3, 0.4) is 0 Å². The van der Waals surface area contributed by atoms with E-state index in [2.05, 4.69) is 5.32 Å². The van der Waals surface area contributed by atoms with Gasteiger partial charge in [0.05, 0.1) is 0 Å². The van der Waals surface area contributed by atoms with Crippen LogP contribution in [0, 0.1) is 18.7 Å². The quantitative estimate of drug-likeness (QED) is 0.822. The van der Waals surface area contributed by atoms with Gasteiger partial charge in [0.1, 0.15) is 5.82 Å². The minimum Gasteiger partial charge on any atom is -0.330 e. The van der Waals surface area contributed by atoms with Crippen molar-refractivity contribution in [3.8, 4) is 0 Å². The number of anilines is 1. The molecule has 0 saturated heterocycles. The van der Waals surface area contributed by atoms with E-state index in [1.165, 1.54) is 12.1 Å². The zero-order valence-electron chi connectivity index (χ0n) is 9.59. The molecule has 0 aliphatic heterocycles. The Balaban J connectivity index is 2.72. The van der Waals surface area contributed by atoms with Gasteiger partial charge in [-0.3, -0.25) is 4.79 Å². The number of rotatable bonds is 4. The van der Waals surface area contributed by atoms with E-state index in [9.17, 15) is 9.18 Å². The molecule has 0 aromatic heterocycles. The average molecular weight is 224 g/mol. The lowest BCUT2D eigenvalue weighted by molar-refractivity contribution is -0.119. The summed E-state index contributed by atoms with van der Waals surface area (Å²) < 4.78 is 13.0. The zero-order chi connectivity index (χ0) is 12.1. The summed E-state index contributed by atoms with van der Waals surface area (Å²) in [6.07, 6.45) is 0.625. The molecular weight excluding hydrogens is 207 g/mol. The predicted octanol–water partition coefficient (Wildman–Crippen LogP) is 2.06. The number of hydrogen-bond donors (Lipinski definition) is 2. The van der Waals surface area contributed by atoms with Gasteiger partial charge in [-0.2, -0.15) is 0 Å². The van der Waals surface area contributed by atoms with Crippen molar-refractivity contribution in [2.24, 2.45) is 11.7 Å². The van der Waals surface area contributed by atoms with Crippen LogP contribution in [0.25, 0.3) is 0 Å². The summed E-state index contributed by atoms with van der Waals surface area (Å²) in [7, 11) is 0. The summed E-state index contributed by atoms with van der Waals surface area (Å²) in [5, 5.41) is 2.70. The molecule has 1 aromatic rings. The van der Waals surface area contributed by atoms with E-state index in [4.69, 9.17) is 5.73 Å². The summed E-state index contributed by atoms with van der Waals surface area (Å²) in [5.41, 5.74) is 6.74. The summed E-state index contributed by atoms with van der Waals surface area (Å²) in [4.78, 5) is 11.7. The standard InChI is InChI=1S/C12H17FN2O/c1-8-3-4-10(13)7-11(8)15-12(16)9(2)5-6-14/h3-4,7,9H,5-6,14H2,1-2H3,(H,15,16). The van der Waals surface area contributed by atoms with Gasteiger partial charge in [0.25, 0.3) is 0 Å². The first kappa shape index (κ1) is 12.6. The highest BCUT2D eigenvalue weighted by Gasteiger charge is 2.13. The van der Waals surface area contributed by atoms with Crippen LogP contribution < -0.4 is 11.1 Å². The first-order valence-corrected chi connectivity index (χ1v) is 5.31. The lowest BCUT2D eigenvalue weighted by Gasteiger charge is -2.12. The molecule has 0 bridgehead atoms. The Labute approximate surface area is 94.8 Å². The molecule has 3 N–H and O–H groups in total. The van der Waals surface area contributed by atoms with Crippen molar-refractivity contribution in [3.05, 3.63) is 29.6 Å². The van der Waals surface area contributed by atoms with Crippen LogP contribution in [-0.2, 0) is 4.79 Å². The Morgan fingerprint density at radius 1 is 1.56 bits per heavy atom.